The van der Waals surface area contributed by atoms with Crippen molar-refractivity contribution in [3.8, 4) is 33.4 Å². The average molecular weight is 587 g/mol. The fourth-order valence-electron chi connectivity index (χ4n) is 7.55. The number of rotatable bonds is 3. The van der Waals surface area contributed by atoms with E-state index in [0.29, 0.717) is 0 Å². The Kier molecular flexibility index (Phi) is 5.31. The van der Waals surface area contributed by atoms with E-state index in [4.69, 9.17) is 8.83 Å². The topological polar surface area (TPSA) is 26.3 Å². The van der Waals surface area contributed by atoms with Crippen molar-refractivity contribution in [1.82, 2.24) is 0 Å². The van der Waals surface area contributed by atoms with Gasteiger partial charge in [0.25, 0.3) is 0 Å². The van der Waals surface area contributed by atoms with Crippen LogP contribution in [0.5, 0.6) is 0 Å². The number of para-hydroxylation sites is 2. The SMILES string of the molecule is c1ccc2c(-c3ccc(-c4c5ccccc5c(-c5ccc6c(c5)oc5ccccc56)c5ccccc45)c4ccccc34)coc2c1. The van der Waals surface area contributed by atoms with Gasteiger partial charge in [-0.3, -0.25) is 0 Å². The van der Waals surface area contributed by atoms with Gasteiger partial charge in [-0.2, -0.15) is 0 Å². The van der Waals surface area contributed by atoms with Gasteiger partial charge in [0.05, 0.1) is 6.26 Å². The van der Waals surface area contributed by atoms with Crippen LogP contribution < -0.4 is 0 Å². The Morgan fingerprint density at radius 3 is 1.50 bits per heavy atom. The Hall–Kier alpha value is -6.12. The highest BCUT2D eigenvalue weighted by atomic mass is 16.3. The Morgan fingerprint density at radius 1 is 0.304 bits per heavy atom. The molecule has 2 aromatic heterocycles. The fraction of sp³-hybridized carbons (Fsp3) is 0. The summed E-state index contributed by atoms with van der Waals surface area (Å²) in [5.74, 6) is 0. The molecule has 0 aliphatic heterocycles. The van der Waals surface area contributed by atoms with E-state index in [1.165, 1.54) is 54.6 Å². The summed E-state index contributed by atoms with van der Waals surface area (Å²) in [6, 6.07) is 54.2. The highest BCUT2D eigenvalue weighted by Gasteiger charge is 2.20. The van der Waals surface area contributed by atoms with Crippen LogP contribution >= 0.6 is 0 Å². The normalized spacial score (nSPS) is 11.9. The molecule has 214 valence electrons. The summed E-state index contributed by atoms with van der Waals surface area (Å²) in [5.41, 5.74) is 9.86. The van der Waals surface area contributed by atoms with Crippen LogP contribution in [-0.4, -0.2) is 0 Å². The third-order valence-electron chi connectivity index (χ3n) is 9.56. The molecule has 0 bridgehead atoms. The Labute approximate surface area is 264 Å². The zero-order valence-electron chi connectivity index (χ0n) is 24.8. The molecule has 10 aromatic rings. The first kappa shape index (κ1) is 25.2. The smallest absolute Gasteiger partial charge is 0.136 e. The third-order valence-corrected chi connectivity index (χ3v) is 9.56. The lowest BCUT2D eigenvalue weighted by molar-refractivity contribution is 0.617. The minimum atomic E-state index is 0.902. The maximum Gasteiger partial charge on any atom is 0.136 e. The standard InChI is InChI=1S/C44H26O2/c1-2-12-29-28(11-1)30(39-26-45-40-19-9-7-14-32(39)40)23-24-38(29)44-36-17-5-3-15-34(36)43(35-16-4-6-18-37(35)44)27-21-22-33-31-13-8-10-20-41(31)46-42(33)25-27/h1-26H. The first-order valence-corrected chi connectivity index (χ1v) is 15.7. The van der Waals surface area contributed by atoms with Gasteiger partial charge < -0.3 is 8.83 Å². The Bertz CT molecular complexity index is 2750. The lowest BCUT2D eigenvalue weighted by Gasteiger charge is -2.19. The molecule has 0 radical (unpaired) electrons. The van der Waals surface area contributed by atoms with E-state index in [1.54, 1.807) is 0 Å². The van der Waals surface area contributed by atoms with Crippen molar-refractivity contribution in [2.24, 2.45) is 0 Å². The second-order valence-corrected chi connectivity index (χ2v) is 12.0. The minimum Gasteiger partial charge on any atom is -0.464 e. The van der Waals surface area contributed by atoms with Gasteiger partial charge in [-0.15, -0.1) is 0 Å². The fourth-order valence-corrected chi connectivity index (χ4v) is 7.55. The first-order valence-electron chi connectivity index (χ1n) is 15.7. The number of benzene rings is 8. The van der Waals surface area contributed by atoms with Crippen molar-refractivity contribution < 1.29 is 8.83 Å². The molecule has 0 aliphatic rings. The van der Waals surface area contributed by atoms with Crippen LogP contribution in [0.1, 0.15) is 0 Å². The Morgan fingerprint density at radius 2 is 0.804 bits per heavy atom. The summed E-state index contributed by atoms with van der Waals surface area (Å²) in [6.45, 7) is 0. The average Bonchev–Trinajstić information content (AvgIpc) is 3.71. The largest absolute Gasteiger partial charge is 0.464 e. The highest BCUT2D eigenvalue weighted by Crippen LogP contribution is 2.47. The molecule has 2 nitrogen and oxygen atoms in total. The van der Waals surface area contributed by atoms with Gasteiger partial charge >= 0.3 is 0 Å². The van der Waals surface area contributed by atoms with Crippen molar-refractivity contribution in [2.45, 2.75) is 0 Å². The molecule has 8 aromatic carbocycles. The van der Waals surface area contributed by atoms with E-state index in [0.717, 1.165) is 44.0 Å². The lowest BCUT2D eigenvalue weighted by atomic mass is 9.83. The maximum atomic E-state index is 6.34. The zero-order chi connectivity index (χ0) is 30.2. The van der Waals surface area contributed by atoms with Crippen LogP contribution in [0.3, 0.4) is 0 Å². The Balaban J connectivity index is 1.27. The van der Waals surface area contributed by atoms with Gasteiger partial charge in [0.2, 0.25) is 0 Å². The highest BCUT2D eigenvalue weighted by molar-refractivity contribution is 6.24. The van der Waals surface area contributed by atoms with Crippen LogP contribution in [0.25, 0.3) is 98.6 Å². The number of hydrogen-bond donors (Lipinski definition) is 0. The van der Waals surface area contributed by atoms with Gasteiger partial charge in [-0.1, -0.05) is 127 Å². The second kappa shape index (κ2) is 9.69. The van der Waals surface area contributed by atoms with Crippen LogP contribution in [0.2, 0.25) is 0 Å². The van der Waals surface area contributed by atoms with Crippen molar-refractivity contribution in [2.75, 3.05) is 0 Å². The van der Waals surface area contributed by atoms with Crippen molar-refractivity contribution in [3.05, 3.63) is 158 Å². The molecule has 0 atom stereocenters. The van der Waals surface area contributed by atoms with Gasteiger partial charge in [-0.25, -0.2) is 0 Å². The molecular weight excluding hydrogens is 560 g/mol. The van der Waals surface area contributed by atoms with Crippen molar-refractivity contribution in [3.63, 3.8) is 0 Å². The van der Waals surface area contributed by atoms with E-state index in [1.807, 2.05) is 30.5 Å². The quantitative estimate of drug-likeness (QED) is 0.193. The number of fused-ring (bicyclic) bond motifs is 7. The van der Waals surface area contributed by atoms with Crippen molar-refractivity contribution in [1.29, 1.82) is 0 Å². The molecule has 0 saturated heterocycles. The van der Waals surface area contributed by atoms with E-state index in [-0.39, 0.29) is 0 Å². The molecule has 10 rings (SSSR count). The van der Waals surface area contributed by atoms with Gasteiger partial charge in [0, 0.05) is 21.7 Å². The molecule has 2 heteroatoms. The molecule has 0 amide bonds. The van der Waals surface area contributed by atoms with Crippen LogP contribution in [0, 0.1) is 0 Å². The summed E-state index contributed by atoms with van der Waals surface area (Å²) in [5, 5.41) is 10.7. The van der Waals surface area contributed by atoms with E-state index >= 15 is 0 Å². The molecule has 0 fully saturated rings. The van der Waals surface area contributed by atoms with Gasteiger partial charge in [0.1, 0.15) is 16.7 Å². The molecule has 0 N–H and O–H groups in total. The van der Waals surface area contributed by atoms with E-state index in [9.17, 15) is 0 Å². The number of furan rings is 2. The molecule has 0 aliphatic carbocycles. The zero-order valence-corrected chi connectivity index (χ0v) is 24.8. The summed E-state index contributed by atoms with van der Waals surface area (Å²) in [4.78, 5) is 0. The van der Waals surface area contributed by atoms with Gasteiger partial charge in [0.15, 0.2) is 0 Å². The minimum absolute atomic E-state index is 0.902. The lowest BCUT2D eigenvalue weighted by Crippen LogP contribution is -1.92. The molecule has 0 saturated carbocycles. The van der Waals surface area contributed by atoms with Crippen LogP contribution in [-0.2, 0) is 0 Å². The molecular formula is C44H26O2. The summed E-state index contributed by atoms with van der Waals surface area (Å²) >= 11 is 0. The third kappa shape index (κ3) is 3.59. The molecule has 0 unspecified atom stereocenters. The summed E-state index contributed by atoms with van der Waals surface area (Å²) in [6.07, 6.45) is 1.89. The van der Waals surface area contributed by atoms with Crippen LogP contribution in [0.15, 0.2) is 167 Å². The molecule has 2 heterocycles. The second-order valence-electron chi connectivity index (χ2n) is 12.0. The molecule has 46 heavy (non-hydrogen) atoms. The monoisotopic (exact) mass is 586 g/mol. The van der Waals surface area contributed by atoms with Gasteiger partial charge in [-0.05, 0) is 84.4 Å². The predicted molar refractivity (Wildman–Crippen MR) is 192 cm³/mol. The summed E-state index contributed by atoms with van der Waals surface area (Å²) < 4.78 is 12.3. The molecule has 0 spiro atoms. The van der Waals surface area contributed by atoms with E-state index in [2.05, 4.69) is 127 Å². The first-order chi connectivity index (χ1) is 22.8. The summed E-state index contributed by atoms with van der Waals surface area (Å²) in [7, 11) is 0. The van der Waals surface area contributed by atoms with Crippen LogP contribution in [0.4, 0.5) is 0 Å². The van der Waals surface area contributed by atoms with E-state index < -0.39 is 0 Å². The predicted octanol–water partition coefficient (Wildman–Crippen LogP) is 12.8. The number of hydrogen-bond acceptors (Lipinski definition) is 2. The van der Waals surface area contributed by atoms with Crippen molar-refractivity contribution >= 4 is 65.2 Å². The maximum absolute atomic E-state index is 6.34.